The second-order valence-electron chi connectivity index (χ2n) is 4.83. The van der Waals surface area contributed by atoms with Crippen LogP contribution in [-0.4, -0.2) is 22.5 Å². The highest BCUT2D eigenvalue weighted by Crippen LogP contribution is 2.32. The van der Waals surface area contributed by atoms with Crippen molar-refractivity contribution >= 4 is 0 Å². The molecule has 0 aromatic carbocycles. The lowest BCUT2D eigenvalue weighted by Gasteiger charge is -2.22. The number of rotatable bonds is 5. The van der Waals surface area contributed by atoms with Crippen molar-refractivity contribution in [1.82, 2.24) is 9.78 Å². The Balaban J connectivity index is 2.04. The Labute approximate surface area is 103 Å². The molecule has 1 aromatic heterocycles. The van der Waals surface area contributed by atoms with Crippen LogP contribution < -0.4 is 5.73 Å². The van der Waals surface area contributed by atoms with E-state index in [1.807, 2.05) is 10.9 Å². The van der Waals surface area contributed by atoms with Crippen LogP contribution in [0.1, 0.15) is 44.7 Å². The lowest BCUT2D eigenvalue weighted by molar-refractivity contribution is 0.0813. The standard InChI is InChI=1S/C13H23N3O/c1-3-6-16-9-10(8-15-16)13(14)11-5-7-17-12(11)4-2/h8-9,11-13H,3-7,14H2,1-2H3. The molecule has 0 radical (unpaired) electrons. The van der Waals surface area contributed by atoms with E-state index in [4.69, 9.17) is 10.5 Å². The topological polar surface area (TPSA) is 53.1 Å². The van der Waals surface area contributed by atoms with Crippen molar-refractivity contribution in [3.05, 3.63) is 18.0 Å². The molecule has 4 nitrogen and oxygen atoms in total. The molecule has 0 saturated carbocycles. The van der Waals surface area contributed by atoms with Crippen LogP contribution in [0.15, 0.2) is 12.4 Å². The number of aromatic nitrogens is 2. The first kappa shape index (κ1) is 12.6. The summed E-state index contributed by atoms with van der Waals surface area (Å²) in [7, 11) is 0. The minimum absolute atomic E-state index is 0.0630. The van der Waals surface area contributed by atoms with Gasteiger partial charge in [0.25, 0.3) is 0 Å². The molecule has 96 valence electrons. The zero-order chi connectivity index (χ0) is 12.3. The summed E-state index contributed by atoms with van der Waals surface area (Å²) in [5.41, 5.74) is 7.49. The highest BCUT2D eigenvalue weighted by atomic mass is 16.5. The summed E-state index contributed by atoms with van der Waals surface area (Å²) in [6.45, 7) is 6.13. The van der Waals surface area contributed by atoms with Gasteiger partial charge >= 0.3 is 0 Å². The number of hydrogen-bond acceptors (Lipinski definition) is 3. The lowest BCUT2D eigenvalue weighted by Crippen LogP contribution is -2.27. The van der Waals surface area contributed by atoms with Crippen LogP contribution in [0.2, 0.25) is 0 Å². The smallest absolute Gasteiger partial charge is 0.0619 e. The average molecular weight is 237 g/mol. The molecular formula is C13H23N3O. The minimum Gasteiger partial charge on any atom is -0.378 e. The number of hydrogen-bond donors (Lipinski definition) is 1. The van der Waals surface area contributed by atoms with Gasteiger partial charge in [0, 0.05) is 36.9 Å². The zero-order valence-electron chi connectivity index (χ0n) is 10.8. The molecule has 3 unspecified atom stereocenters. The first-order valence-corrected chi connectivity index (χ1v) is 6.65. The maximum atomic E-state index is 6.34. The van der Waals surface area contributed by atoms with Crippen molar-refractivity contribution in [2.45, 2.75) is 51.8 Å². The number of aryl methyl sites for hydroxylation is 1. The molecule has 2 N–H and O–H groups in total. The maximum absolute atomic E-state index is 6.34. The number of nitrogens with zero attached hydrogens (tertiary/aromatic N) is 2. The average Bonchev–Trinajstić information content (AvgIpc) is 2.96. The van der Waals surface area contributed by atoms with Gasteiger partial charge in [0.1, 0.15) is 0 Å². The molecule has 4 heteroatoms. The Bertz CT molecular complexity index is 350. The Kier molecular flexibility index (Phi) is 4.18. The molecule has 2 rings (SSSR count). The van der Waals surface area contributed by atoms with Crippen molar-refractivity contribution in [1.29, 1.82) is 0 Å². The molecule has 1 aromatic rings. The van der Waals surface area contributed by atoms with Gasteiger partial charge in [0.05, 0.1) is 12.3 Å². The van der Waals surface area contributed by atoms with Gasteiger partial charge in [0.2, 0.25) is 0 Å². The van der Waals surface area contributed by atoms with Crippen molar-refractivity contribution in [2.75, 3.05) is 6.61 Å². The van der Waals surface area contributed by atoms with E-state index in [1.165, 1.54) is 0 Å². The van der Waals surface area contributed by atoms with E-state index in [1.54, 1.807) is 0 Å². The summed E-state index contributed by atoms with van der Waals surface area (Å²) in [5.74, 6) is 0.444. The van der Waals surface area contributed by atoms with Crippen LogP contribution in [-0.2, 0) is 11.3 Å². The molecule has 0 aliphatic carbocycles. The van der Waals surface area contributed by atoms with Gasteiger partial charge in [-0.2, -0.15) is 5.10 Å². The van der Waals surface area contributed by atoms with E-state index >= 15 is 0 Å². The van der Waals surface area contributed by atoms with E-state index in [0.29, 0.717) is 12.0 Å². The largest absolute Gasteiger partial charge is 0.378 e. The summed E-state index contributed by atoms with van der Waals surface area (Å²) < 4.78 is 7.68. The summed E-state index contributed by atoms with van der Waals surface area (Å²) >= 11 is 0. The quantitative estimate of drug-likeness (QED) is 0.853. The normalized spacial score (nSPS) is 26.3. The molecule has 2 heterocycles. The minimum atomic E-state index is 0.0630. The Morgan fingerprint density at radius 2 is 2.41 bits per heavy atom. The molecular weight excluding hydrogens is 214 g/mol. The monoisotopic (exact) mass is 237 g/mol. The summed E-state index contributed by atoms with van der Waals surface area (Å²) in [4.78, 5) is 0. The molecule has 0 spiro atoms. The van der Waals surface area contributed by atoms with Gasteiger partial charge in [-0.3, -0.25) is 4.68 Å². The third-order valence-corrected chi connectivity index (χ3v) is 3.62. The van der Waals surface area contributed by atoms with Crippen LogP contribution in [0, 0.1) is 5.92 Å². The Hall–Kier alpha value is -0.870. The van der Waals surface area contributed by atoms with E-state index < -0.39 is 0 Å². The molecule has 1 aliphatic heterocycles. The van der Waals surface area contributed by atoms with Crippen LogP contribution >= 0.6 is 0 Å². The van der Waals surface area contributed by atoms with Gasteiger partial charge in [-0.15, -0.1) is 0 Å². The fraction of sp³-hybridized carbons (Fsp3) is 0.769. The first-order chi connectivity index (χ1) is 8.26. The second-order valence-corrected chi connectivity index (χ2v) is 4.83. The maximum Gasteiger partial charge on any atom is 0.0619 e. The number of nitrogens with two attached hydrogens (primary N) is 1. The summed E-state index contributed by atoms with van der Waals surface area (Å²) in [6, 6.07) is 0.0630. The van der Waals surface area contributed by atoms with E-state index in [2.05, 4.69) is 25.1 Å². The summed E-state index contributed by atoms with van der Waals surface area (Å²) in [5, 5.41) is 4.35. The zero-order valence-corrected chi connectivity index (χ0v) is 10.8. The van der Waals surface area contributed by atoms with Gasteiger partial charge in [-0.1, -0.05) is 13.8 Å². The predicted molar refractivity (Wildman–Crippen MR) is 67.6 cm³/mol. The van der Waals surface area contributed by atoms with Gasteiger partial charge in [0.15, 0.2) is 0 Å². The van der Waals surface area contributed by atoms with Gasteiger partial charge in [-0.05, 0) is 19.3 Å². The van der Waals surface area contributed by atoms with E-state index in [-0.39, 0.29) is 6.04 Å². The summed E-state index contributed by atoms with van der Waals surface area (Å²) in [6.07, 6.45) is 7.52. The molecule has 17 heavy (non-hydrogen) atoms. The highest BCUT2D eigenvalue weighted by Gasteiger charge is 2.32. The molecule has 3 atom stereocenters. The highest BCUT2D eigenvalue weighted by molar-refractivity contribution is 5.12. The Morgan fingerprint density at radius 3 is 3.12 bits per heavy atom. The van der Waals surface area contributed by atoms with Crippen LogP contribution in [0.25, 0.3) is 0 Å². The van der Waals surface area contributed by atoms with Crippen molar-refractivity contribution in [3.8, 4) is 0 Å². The van der Waals surface area contributed by atoms with Crippen LogP contribution in [0.5, 0.6) is 0 Å². The van der Waals surface area contributed by atoms with Gasteiger partial charge in [-0.25, -0.2) is 0 Å². The second kappa shape index (κ2) is 5.65. The van der Waals surface area contributed by atoms with E-state index in [0.717, 1.165) is 38.0 Å². The van der Waals surface area contributed by atoms with Crippen LogP contribution in [0.4, 0.5) is 0 Å². The van der Waals surface area contributed by atoms with Crippen molar-refractivity contribution < 1.29 is 4.74 Å². The van der Waals surface area contributed by atoms with E-state index in [9.17, 15) is 0 Å². The predicted octanol–water partition coefficient (Wildman–Crippen LogP) is 2.11. The first-order valence-electron chi connectivity index (χ1n) is 6.65. The SMILES string of the molecule is CCCn1cc(C(N)C2CCOC2CC)cn1. The van der Waals surface area contributed by atoms with Crippen molar-refractivity contribution in [2.24, 2.45) is 11.7 Å². The lowest BCUT2D eigenvalue weighted by atomic mass is 9.89. The Morgan fingerprint density at radius 1 is 1.59 bits per heavy atom. The van der Waals surface area contributed by atoms with Gasteiger partial charge < -0.3 is 10.5 Å². The van der Waals surface area contributed by atoms with Crippen molar-refractivity contribution in [3.63, 3.8) is 0 Å². The molecule has 0 amide bonds. The molecule has 1 fully saturated rings. The number of ether oxygens (including phenoxy) is 1. The fourth-order valence-electron chi connectivity index (χ4n) is 2.65. The third-order valence-electron chi connectivity index (χ3n) is 3.62. The molecule has 1 aliphatic rings. The van der Waals surface area contributed by atoms with Crippen LogP contribution in [0.3, 0.4) is 0 Å². The molecule has 0 bridgehead atoms. The fourth-order valence-corrected chi connectivity index (χ4v) is 2.65. The molecule has 1 saturated heterocycles. The third kappa shape index (κ3) is 2.69.